The molecule has 288 valence electrons. The number of nitrogens with one attached hydrogen (secondary N) is 3. The number of ether oxygens (including phenoxy) is 2. The molecular formula is C42H53N5O6S. The number of imidazole rings is 1. The van der Waals surface area contributed by atoms with E-state index >= 15 is 0 Å². The van der Waals surface area contributed by atoms with Gasteiger partial charge in [-0.1, -0.05) is 113 Å². The van der Waals surface area contributed by atoms with Crippen LogP contribution in [0.25, 0.3) is 12.2 Å². The van der Waals surface area contributed by atoms with Crippen molar-refractivity contribution in [3.63, 3.8) is 0 Å². The van der Waals surface area contributed by atoms with Crippen molar-refractivity contribution in [1.82, 2.24) is 25.6 Å². The van der Waals surface area contributed by atoms with Gasteiger partial charge in [-0.15, -0.1) is 11.3 Å². The standard InChI is InChI=1S/C42H53N5O6S/c1-7-15-33(48)41(3,4)35-21-13-19-30-28(45-30)18-10-12-24-38-47-32(26-54-38)40(51)53-36(42(5,6)34(49)16-8-2)22-14-20-29-27(44-29)17-9-11-23-37-43-25-31(46-37)39(50)52-35/h7-20,23-30,33-36,44-45,48-49H,21-22H2,1-6H3,(H,43,46)/b15-7+,16-8+,17-9+,18-10+,19-13-,20-14-,23-11-,24-12-/t27-,28-,29+,30+,33-,34-,35-,36-/m0/s1. The Morgan fingerprint density at radius 2 is 1.30 bits per heavy atom. The van der Waals surface area contributed by atoms with Crippen molar-refractivity contribution in [2.24, 2.45) is 10.8 Å². The second-order valence-electron chi connectivity index (χ2n) is 14.9. The fourth-order valence-corrected chi connectivity index (χ4v) is 6.69. The zero-order chi connectivity index (χ0) is 38.9. The highest BCUT2D eigenvalue weighted by molar-refractivity contribution is 7.10. The van der Waals surface area contributed by atoms with E-state index in [1.54, 1.807) is 35.8 Å². The summed E-state index contributed by atoms with van der Waals surface area (Å²) < 4.78 is 12.0. The van der Waals surface area contributed by atoms with E-state index in [-0.39, 0.29) is 35.6 Å². The number of carbonyl (C=O) groups is 2. The Balaban J connectivity index is 1.35. The number of hydrogen-bond acceptors (Lipinski definition) is 11. The number of hydrogen-bond donors (Lipinski definition) is 5. The van der Waals surface area contributed by atoms with Gasteiger partial charge < -0.3 is 35.3 Å². The van der Waals surface area contributed by atoms with E-state index in [0.717, 1.165) is 0 Å². The van der Waals surface area contributed by atoms with Crippen LogP contribution < -0.4 is 10.6 Å². The van der Waals surface area contributed by atoms with Gasteiger partial charge in [0.05, 0.1) is 18.4 Å². The number of aliphatic hydroxyl groups excluding tert-OH is 2. The molecular weight excluding hydrogens is 703 g/mol. The fourth-order valence-electron chi connectivity index (χ4n) is 6.00. The molecule has 54 heavy (non-hydrogen) atoms. The number of rotatable bonds is 6. The van der Waals surface area contributed by atoms with Crippen LogP contribution in [-0.4, -0.2) is 85.7 Å². The third-order valence-electron chi connectivity index (χ3n) is 10.0. The van der Waals surface area contributed by atoms with Crippen molar-refractivity contribution in [2.75, 3.05) is 0 Å². The highest BCUT2D eigenvalue weighted by Gasteiger charge is 2.40. The summed E-state index contributed by atoms with van der Waals surface area (Å²) in [5, 5.41) is 31.0. The number of H-pyrrole nitrogens is 1. The first-order valence-corrected chi connectivity index (χ1v) is 19.3. The van der Waals surface area contributed by atoms with Crippen LogP contribution in [0, 0.1) is 10.8 Å². The molecule has 8 atom stereocenters. The zero-order valence-corrected chi connectivity index (χ0v) is 32.6. The highest BCUT2D eigenvalue weighted by atomic mass is 32.1. The summed E-state index contributed by atoms with van der Waals surface area (Å²) in [5.41, 5.74) is -1.10. The molecule has 2 aromatic heterocycles. The molecule has 4 bridgehead atoms. The van der Waals surface area contributed by atoms with Crippen molar-refractivity contribution in [3.05, 3.63) is 119 Å². The van der Waals surface area contributed by atoms with Gasteiger partial charge in [0, 0.05) is 53.2 Å². The molecule has 5 rings (SSSR count). The van der Waals surface area contributed by atoms with Crippen LogP contribution in [0.1, 0.15) is 86.2 Å². The predicted octanol–water partition coefficient (Wildman–Crippen LogP) is 6.27. The second-order valence-corrected chi connectivity index (χ2v) is 15.8. The maximum Gasteiger partial charge on any atom is 0.358 e. The lowest BCUT2D eigenvalue weighted by atomic mass is 9.79. The molecule has 2 aromatic rings. The van der Waals surface area contributed by atoms with Crippen LogP contribution in [-0.2, 0) is 9.47 Å². The molecule has 5 heterocycles. The topological polar surface area (TPSA) is 179 Å². The molecule has 0 saturated carbocycles. The van der Waals surface area contributed by atoms with Crippen LogP contribution in [0.15, 0.2) is 96.6 Å². The number of fused-ring (bicyclic) bond motifs is 6. The predicted molar refractivity (Wildman–Crippen MR) is 214 cm³/mol. The molecule has 0 radical (unpaired) electrons. The maximum absolute atomic E-state index is 13.3. The van der Waals surface area contributed by atoms with E-state index < -0.39 is 47.2 Å². The number of nitrogens with zero attached hydrogens (tertiary/aromatic N) is 2. The first-order chi connectivity index (χ1) is 25.8. The summed E-state index contributed by atoms with van der Waals surface area (Å²) >= 11 is 1.35. The van der Waals surface area contributed by atoms with E-state index in [0.29, 0.717) is 23.7 Å². The fraction of sp³-hybridized carbons (Fsp3) is 0.429. The molecule has 5 N–H and O–H groups in total. The lowest BCUT2D eigenvalue weighted by Crippen LogP contribution is -2.42. The summed E-state index contributed by atoms with van der Waals surface area (Å²) in [4.78, 5) is 38.4. The number of aromatic nitrogens is 3. The summed E-state index contributed by atoms with van der Waals surface area (Å²) in [6.45, 7) is 11.2. The van der Waals surface area contributed by atoms with Gasteiger partial charge in [0.25, 0.3) is 0 Å². The van der Waals surface area contributed by atoms with E-state index in [4.69, 9.17) is 9.47 Å². The minimum absolute atomic E-state index is 0.113. The molecule has 3 aliphatic rings. The lowest BCUT2D eigenvalue weighted by molar-refractivity contribution is -0.0461. The molecule has 0 aliphatic carbocycles. The van der Waals surface area contributed by atoms with E-state index in [1.807, 2.05) is 108 Å². The Labute approximate surface area is 322 Å². The smallest absolute Gasteiger partial charge is 0.358 e. The number of esters is 2. The minimum Gasteiger partial charge on any atom is -0.457 e. The summed E-state index contributed by atoms with van der Waals surface area (Å²) in [6.07, 6.45) is 29.7. The Bertz CT molecular complexity index is 1710. The van der Waals surface area contributed by atoms with Gasteiger partial charge in [-0.2, -0.15) is 0 Å². The molecule has 0 unspecified atom stereocenters. The Morgan fingerprint density at radius 3 is 1.85 bits per heavy atom. The van der Waals surface area contributed by atoms with Gasteiger partial charge in [-0.3, -0.25) is 0 Å². The number of cyclic esters (lactones) is 2. The monoisotopic (exact) mass is 755 g/mol. The van der Waals surface area contributed by atoms with Crippen LogP contribution in [0.2, 0.25) is 0 Å². The molecule has 12 heteroatoms. The average molecular weight is 756 g/mol. The van der Waals surface area contributed by atoms with Crippen molar-refractivity contribution >= 4 is 35.4 Å². The van der Waals surface area contributed by atoms with Gasteiger partial charge in [-0.05, 0) is 26.0 Å². The first-order valence-electron chi connectivity index (χ1n) is 18.4. The zero-order valence-electron chi connectivity index (χ0n) is 31.8. The molecule has 0 spiro atoms. The Hall–Kier alpha value is -4.46. The normalized spacial score (nSPS) is 30.5. The molecule has 2 saturated heterocycles. The van der Waals surface area contributed by atoms with E-state index in [9.17, 15) is 19.8 Å². The molecule has 11 nitrogen and oxygen atoms in total. The summed E-state index contributed by atoms with van der Waals surface area (Å²) in [5.74, 6) is -0.578. The quantitative estimate of drug-likeness (QED) is 0.128. The minimum atomic E-state index is -0.827. The van der Waals surface area contributed by atoms with Gasteiger partial charge >= 0.3 is 11.9 Å². The van der Waals surface area contributed by atoms with Gasteiger partial charge in [0.2, 0.25) is 0 Å². The van der Waals surface area contributed by atoms with Crippen molar-refractivity contribution in [2.45, 2.75) is 103 Å². The van der Waals surface area contributed by atoms with E-state index in [2.05, 4.69) is 25.6 Å². The molecule has 0 amide bonds. The number of thiazole rings is 1. The number of carbonyl (C=O) groups excluding carboxylic acids is 2. The Morgan fingerprint density at radius 1 is 0.778 bits per heavy atom. The number of allylic oxidation sites excluding steroid dienone is 6. The summed E-state index contributed by atoms with van der Waals surface area (Å²) in [7, 11) is 0. The van der Waals surface area contributed by atoms with Crippen LogP contribution in [0.5, 0.6) is 0 Å². The SMILES string of the molecule is C/C=C/[C@H](O)C(C)(C)[C@@H]1C/C=C\[C@H]2N[C@H]2/C=C/C=C\c2ncc([nH]2)C(=O)O[C@H](C(C)(C)[C@@H](O)/C=C/C)C/C=C\[C@H]2N[C@H]2/C=C/C=C\c2nc(cs2)C(=O)O1. The van der Waals surface area contributed by atoms with Crippen molar-refractivity contribution < 1.29 is 29.3 Å². The maximum atomic E-state index is 13.3. The van der Waals surface area contributed by atoms with Gasteiger partial charge in [-0.25, -0.2) is 19.6 Å². The average Bonchev–Trinajstić information content (AvgIpc) is 3.93. The largest absolute Gasteiger partial charge is 0.457 e. The van der Waals surface area contributed by atoms with Gasteiger partial charge in [0.15, 0.2) is 5.69 Å². The molecule has 0 aromatic carbocycles. The van der Waals surface area contributed by atoms with E-state index in [1.165, 1.54) is 17.5 Å². The number of aromatic amines is 1. The third kappa shape index (κ3) is 10.8. The molecule has 3 aliphatic heterocycles. The second kappa shape index (κ2) is 18.2. The van der Waals surface area contributed by atoms with Gasteiger partial charge in [0.1, 0.15) is 28.7 Å². The Kier molecular flexibility index (Phi) is 13.8. The first kappa shape index (κ1) is 40.7. The van der Waals surface area contributed by atoms with Crippen molar-refractivity contribution in [1.29, 1.82) is 0 Å². The number of aliphatic hydroxyl groups is 2. The van der Waals surface area contributed by atoms with Crippen LogP contribution in [0.4, 0.5) is 0 Å². The summed E-state index contributed by atoms with van der Waals surface area (Å²) in [6, 6.07) is 0.492. The van der Waals surface area contributed by atoms with Crippen molar-refractivity contribution in [3.8, 4) is 0 Å². The highest BCUT2D eigenvalue weighted by Crippen LogP contribution is 2.34. The van der Waals surface area contributed by atoms with Crippen LogP contribution >= 0.6 is 11.3 Å². The molecule has 2 fully saturated rings. The lowest BCUT2D eigenvalue weighted by Gasteiger charge is -2.36. The third-order valence-corrected chi connectivity index (χ3v) is 10.9. The van der Waals surface area contributed by atoms with Crippen LogP contribution in [0.3, 0.4) is 0 Å².